The molecule has 0 unspecified atom stereocenters. The molecule has 222 valence electrons. The summed E-state index contributed by atoms with van der Waals surface area (Å²) in [6.07, 6.45) is 7.97. The number of hydrogen-bond acceptors (Lipinski definition) is 4. The zero-order valence-electron chi connectivity index (χ0n) is 24.5. The Kier molecular flexibility index (Phi) is 7.92. The predicted molar refractivity (Wildman–Crippen MR) is 163 cm³/mol. The van der Waals surface area contributed by atoms with Crippen LogP contribution in [0.15, 0.2) is 60.7 Å². The number of nitrogens with one attached hydrogen (secondary N) is 2. The van der Waals surface area contributed by atoms with Crippen LogP contribution in [0.3, 0.4) is 0 Å². The first-order valence-corrected chi connectivity index (χ1v) is 15.7. The number of fused-ring (bicyclic) bond motifs is 1. The van der Waals surface area contributed by atoms with Gasteiger partial charge in [0.2, 0.25) is 17.7 Å². The van der Waals surface area contributed by atoms with Gasteiger partial charge in [0, 0.05) is 23.3 Å². The second-order valence-electron chi connectivity index (χ2n) is 12.8. The standard InChI is InChI=1S/C34H40ClN3O4/c1-20(2)23-10-14-25(15-11-23)36-31(39)28-27-16-18-34(42-27)29(28)33(41)38(19-17-22-8-12-24(35)13-9-22)30(34)32(40)37-26-7-5-4-6-21(26)3/h8-16,18,20-21,26-30H,4-7,17,19H2,1-3H3,(H,36,39)(H,37,40)/t21-,26-,27+,28-,29+,30+,34+/m0/s1. The lowest BCUT2D eigenvalue weighted by atomic mass is 9.74. The van der Waals surface area contributed by atoms with Gasteiger partial charge in [-0.1, -0.05) is 81.6 Å². The van der Waals surface area contributed by atoms with Gasteiger partial charge >= 0.3 is 0 Å². The fraction of sp³-hybridized carbons (Fsp3) is 0.500. The van der Waals surface area contributed by atoms with Crippen molar-refractivity contribution in [2.45, 2.75) is 82.6 Å². The van der Waals surface area contributed by atoms with Crippen LogP contribution >= 0.6 is 11.6 Å². The molecule has 2 bridgehead atoms. The molecule has 4 aliphatic rings. The van der Waals surface area contributed by atoms with Crippen LogP contribution in [0.4, 0.5) is 5.69 Å². The summed E-state index contributed by atoms with van der Waals surface area (Å²) in [5.74, 6) is -1.41. The summed E-state index contributed by atoms with van der Waals surface area (Å²) < 4.78 is 6.51. The summed E-state index contributed by atoms with van der Waals surface area (Å²) in [6.45, 7) is 6.76. The van der Waals surface area contributed by atoms with Gasteiger partial charge in [0.1, 0.15) is 11.6 Å². The Morgan fingerprint density at radius 1 is 1.05 bits per heavy atom. The number of nitrogens with zero attached hydrogens (tertiary/aromatic N) is 1. The van der Waals surface area contributed by atoms with E-state index < -0.39 is 29.6 Å². The second-order valence-corrected chi connectivity index (χ2v) is 13.2. The molecule has 0 radical (unpaired) electrons. The minimum atomic E-state index is -1.17. The lowest BCUT2D eigenvalue weighted by Crippen LogP contribution is -2.57. The van der Waals surface area contributed by atoms with Crippen LogP contribution in [0.1, 0.15) is 63.5 Å². The van der Waals surface area contributed by atoms with Crippen molar-refractivity contribution in [3.63, 3.8) is 0 Å². The molecule has 1 aliphatic carbocycles. The molecule has 3 aliphatic heterocycles. The van der Waals surface area contributed by atoms with Crippen LogP contribution in [-0.4, -0.2) is 53.0 Å². The highest BCUT2D eigenvalue weighted by Gasteiger charge is 2.72. The molecule has 2 aromatic rings. The summed E-state index contributed by atoms with van der Waals surface area (Å²) in [5, 5.41) is 6.96. The molecule has 3 heterocycles. The van der Waals surface area contributed by atoms with E-state index in [9.17, 15) is 14.4 Å². The molecule has 3 fully saturated rings. The third-order valence-corrected chi connectivity index (χ3v) is 10.0. The second kappa shape index (κ2) is 11.5. The van der Waals surface area contributed by atoms with Crippen LogP contribution in [0.5, 0.6) is 0 Å². The Balaban J connectivity index is 1.27. The van der Waals surface area contributed by atoms with Gasteiger partial charge in [-0.3, -0.25) is 14.4 Å². The number of carbonyl (C=O) groups is 3. The SMILES string of the molecule is CC(C)c1ccc(NC(=O)[C@H]2[C@H]3C=C[C@@]4(O3)[C@H]2C(=O)N(CCc2ccc(Cl)cc2)[C@@H]4C(=O)N[C@H]2CCCC[C@@H]2C)cc1. The minimum absolute atomic E-state index is 0.0606. The molecular weight excluding hydrogens is 550 g/mol. The van der Waals surface area contributed by atoms with E-state index in [0.717, 1.165) is 24.8 Å². The Bertz CT molecular complexity index is 1370. The van der Waals surface area contributed by atoms with Crippen LogP contribution in [0.25, 0.3) is 0 Å². The zero-order valence-corrected chi connectivity index (χ0v) is 25.3. The van der Waals surface area contributed by atoms with Gasteiger partial charge in [0.05, 0.1) is 17.9 Å². The fourth-order valence-electron chi connectivity index (χ4n) is 7.38. The maximum atomic E-state index is 14.2. The molecule has 2 aromatic carbocycles. The summed E-state index contributed by atoms with van der Waals surface area (Å²) in [6, 6.07) is 14.5. The van der Waals surface area contributed by atoms with Crippen LogP contribution in [0, 0.1) is 17.8 Å². The Morgan fingerprint density at radius 2 is 1.76 bits per heavy atom. The first-order chi connectivity index (χ1) is 20.2. The summed E-state index contributed by atoms with van der Waals surface area (Å²) in [5.41, 5.74) is 1.70. The smallest absolute Gasteiger partial charge is 0.246 e. The number of rotatable bonds is 8. The summed E-state index contributed by atoms with van der Waals surface area (Å²) in [7, 11) is 0. The molecule has 42 heavy (non-hydrogen) atoms. The number of amides is 3. The number of hydrogen-bond donors (Lipinski definition) is 2. The average molecular weight is 590 g/mol. The predicted octanol–water partition coefficient (Wildman–Crippen LogP) is 5.49. The third-order valence-electron chi connectivity index (χ3n) is 9.76. The number of halogens is 1. The van der Waals surface area contributed by atoms with Gasteiger partial charge in [-0.2, -0.15) is 0 Å². The third kappa shape index (κ3) is 5.15. The summed E-state index contributed by atoms with van der Waals surface area (Å²) in [4.78, 5) is 43.8. The molecular formula is C34H40ClN3O4. The monoisotopic (exact) mass is 589 g/mol. The highest BCUT2D eigenvalue weighted by Crippen LogP contribution is 2.55. The number of anilines is 1. The van der Waals surface area contributed by atoms with Gasteiger partial charge in [-0.15, -0.1) is 0 Å². The normalized spacial score (nSPS) is 31.5. The van der Waals surface area contributed by atoms with Crippen LogP contribution in [-0.2, 0) is 25.5 Å². The fourth-order valence-corrected chi connectivity index (χ4v) is 7.50. The van der Waals surface area contributed by atoms with Crippen molar-refractivity contribution in [3.8, 4) is 0 Å². The van der Waals surface area contributed by atoms with E-state index in [1.165, 1.54) is 12.0 Å². The molecule has 6 rings (SSSR count). The lowest BCUT2D eigenvalue weighted by Gasteiger charge is -2.36. The summed E-state index contributed by atoms with van der Waals surface area (Å²) >= 11 is 6.08. The number of carbonyl (C=O) groups excluding carboxylic acids is 3. The highest BCUT2D eigenvalue weighted by molar-refractivity contribution is 6.30. The van der Waals surface area contributed by atoms with Gasteiger partial charge in [-0.05, 0) is 66.5 Å². The average Bonchev–Trinajstić information content (AvgIpc) is 3.61. The molecule has 0 aromatic heterocycles. The number of likely N-dealkylation sites (tertiary alicyclic amines) is 1. The molecule has 8 heteroatoms. The maximum Gasteiger partial charge on any atom is 0.246 e. The first kappa shape index (κ1) is 28.9. The van der Waals surface area contributed by atoms with Crippen molar-refractivity contribution in [1.82, 2.24) is 10.2 Å². The van der Waals surface area contributed by atoms with E-state index in [4.69, 9.17) is 16.3 Å². The van der Waals surface area contributed by atoms with E-state index >= 15 is 0 Å². The van der Waals surface area contributed by atoms with Crippen molar-refractivity contribution in [3.05, 3.63) is 76.8 Å². The van der Waals surface area contributed by atoms with Crippen molar-refractivity contribution >= 4 is 35.0 Å². The lowest BCUT2D eigenvalue weighted by molar-refractivity contribution is -0.141. The first-order valence-electron chi connectivity index (χ1n) is 15.3. The molecule has 7 atom stereocenters. The van der Waals surface area contributed by atoms with E-state index in [1.54, 1.807) is 4.90 Å². The van der Waals surface area contributed by atoms with Crippen LogP contribution < -0.4 is 10.6 Å². The topological polar surface area (TPSA) is 87.7 Å². The van der Waals surface area contributed by atoms with Gasteiger partial charge < -0.3 is 20.3 Å². The Labute approximate surface area is 253 Å². The van der Waals surface area contributed by atoms with E-state index in [0.29, 0.717) is 35.5 Å². The Hall–Kier alpha value is -3.16. The van der Waals surface area contributed by atoms with Crippen molar-refractivity contribution in [2.75, 3.05) is 11.9 Å². The van der Waals surface area contributed by atoms with Crippen molar-refractivity contribution in [2.24, 2.45) is 17.8 Å². The molecule has 3 amide bonds. The maximum absolute atomic E-state index is 14.2. The number of ether oxygens (including phenoxy) is 1. The zero-order chi connectivity index (χ0) is 29.6. The van der Waals surface area contributed by atoms with Gasteiger partial charge in [-0.25, -0.2) is 0 Å². The van der Waals surface area contributed by atoms with Gasteiger partial charge in [0.15, 0.2) is 0 Å². The largest absolute Gasteiger partial charge is 0.359 e. The van der Waals surface area contributed by atoms with E-state index in [1.807, 2.05) is 60.7 Å². The molecule has 2 saturated heterocycles. The van der Waals surface area contributed by atoms with Crippen molar-refractivity contribution < 1.29 is 19.1 Å². The number of benzene rings is 2. The van der Waals surface area contributed by atoms with Gasteiger partial charge in [0.25, 0.3) is 0 Å². The molecule has 1 spiro atoms. The Morgan fingerprint density at radius 3 is 2.45 bits per heavy atom. The van der Waals surface area contributed by atoms with Crippen LogP contribution in [0.2, 0.25) is 5.02 Å². The highest BCUT2D eigenvalue weighted by atomic mass is 35.5. The molecule has 2 N–H and O–H groups in total. The minimum Gasteiger partial charge on any atom is -0.359 e. The quantitative estimate of drug-likeness (QED) is 0.399. The molecule has 1 saturated carbocycles. The molecule has 7 nitrogen and oxygen atoms in total. The van der Waals surface area contributed by atoms with E-state index in [2.05, 4.69) is 31.4 Å². The van der Waals surface area contributed by atoms with Crippen molar-refractivity contribution in [1.29, 1.82) is 0 Å². The van der Waals surface area contributed by atoms with E-state index in [-0.39, 0.29) is 23.8 Å².